The number of aromatic nitrogens is 1. The first-order chi connectivity index (χ1) is 14.3. The van der Waals surface area contributed by atoms with Crippen molar-refractivity contribution in [3.05, 3.63) is 45.7 Å². The highest BCUT2D eigenvalue weighted by Crippen LogP contribution is 2.41. The number of carboxylic acid groups (broad SMARTS) is 1. The summed E-state index contributed by atoms with van der Waals surface area (Å²) in [6.07, 6.45) is 3.87. The molecule has 1 atom stereocenters. The second-order valence-corrected chi connectivity index (χ2v) is 7.69. The lowest BCUT2D eigenvalue weighted by atomic mass is 9.90. The summed E-state index contributed by atoms with van der Waals surface area (Å²) in [5, 5.41) is 28.3. The van der Waals surface area contributed by atoms with E-state index in [2.05, 4.69) is 11.5 Å². The number of carbonyl (C=O) groups is 1. The number of phenols is 1. The van der Waals surface area contributed by atoms with Gasteiger partial charge in [-0.2, -0.15) is 0 Å². The van der Waals surface area contributed by atoms with Crippen molar-refractivity contribution in [3.63, 3.8) is 0 Å². The van der Waals surface area contributed by atoms with Gasteiger partial charge in [-0.15, -0.1) is 0 Å². The second kappa shape index (κ2) is 9.32. The summed E-state index contributed by atoms with van der Waals surface area (Å²) in [6.45, 7) is 2.51. The van der Waals surface area contributed by atoms with Crippen molar-refractivity contribution in [2.75, 3.05) is 26.8 Å². The van der Waals surface area contributed by atoms with Gasteiger partial charge < -0.3 is 24.6 Å². The maximum Gasteiger partial charge on any atom is 0.317 e. The molecule has 1 aliphatic rings. The molecule has 8 heteroatoms. The minimum atomic E-state index is -0.941. The van der Waals surface area contributed by atoms with Gasteiger partial charge in [0.2, 0.25) is 0 Å². The lowest BCUT2D eigenvalue weighted by Gasteiger charge is -2.31. The number of likely N-dealkylation sites (N-methyl/N-ethyl adjacent to an activating group) is 1. The Morgan fingerprint density at radius 1 is 1.33 bits per heavy atom. The molecule has 0 saturated carbocycles. The summed E-state index contributed by atoms with van der Waals surface area (Å²) in [4.78, 5) is 25.3. The molecule has 0 bridgehead atoms. The topological polar surface area (TPSA) is 112 Å². The second-order valence-electron chi connectivity index (χ2n) is 7.69. The molecule has 1 aromatic heterocycles. The van der Waals surface area contributed by atoms with Gasteiger partial charge in [0.25, 0.3) is 0 Å². The molecule has 1 unspecified atom stereocenters. The number of aliphatic hydroxyl groups excluding tert-OH is 1. The van der Waals surface area contributed by atoms with Gasteiger partial charge in [0.05, 0.1) is 18.8 Å². The summed E-state index contributed by atoms with van der Waals surface area (Å²) in [5.74, 6) is -0.575. The molecule has 0 fully saturated rings. The number of aromatic hydroxyl groups is 1. The Morgan fingerprint density at radius 3 is 2.77 bits per heavy atom. The summed E-state index contributed by atoms with van der Waals surface area (Å²) >= 11 is 0. The molecule has 0 radical (unpaired) electrons. The zero-order valence-electron chi connectivity index (χ0n) is 17.3. The van der Waals surface area contributed by atoms with Gasteiger partial charge in [-0.3, -0.25) is 14.5 Å². The van der Waals surface area contributed by atoms with Crippen LogP contribution in [0.2, 0.25) is 0 Å². The molecule has 2 heterocycles. The highest BCUT2D eigenvalue weighted by Gasteiger charge is 2.26. The van der Waals surface area contributed by atoms with E-state index in [-0.39, 0.29) is 36.9 Å². The number of rotatable bonds is 9. The van der Waals surface area contributed by atoms with Crippen molar-refractivity contribution in [2.45, 2.75) is 38.8 Å². The fraction of sp³-hybridized carbons (Fsp3) is 0.455. The van der Waals surface area contributed by atoms with E-state index in [0.29, 0.717) is 24.3 Å². The number of phenolic OH excluding ortho intramolecular Hbond substituents is 1. The first-order valence-electron chi connectivity index (χ1n) is 10.1. The normalized spacial score (nSPS) is 15.0. The molecule has 0 amide bonds. The number of carboxylic acids is 1. The van der Waals surface area contributed by atoms with Crippen molar-refractivity contribution in [3.8, 4) is 22.8 Å². The smallest absolute Gasteiger partial charge is 0.317 e. The largest absolute Gasteiger partial charge is 0.504 e. The number of fused-ring (bicyclic) bond motifs is 3. The molecule has 162 valence electrons. The van der Waals surface area contributed by atoms with Crippen LogP contribution in [0.5, 0.6) is 11.5 Å². The highest BCUT2D eigenvalue weighted by molar-refractivity contribution is 5.71. The Kier molecular flexibility index (Phi) is 6.79. The Bertz CT molecular complexity index is 984. The zero-order chi connectivity index (χ0) is 21.8. The maximum atomic E-state index is 12.7. The molecule has 0 aliphatic carbocycles. The van der Waals surface area contributed by atoms with Gasteiger partial charge >= 0.3 is 5.97 Å². The SMILES string of the molecule is CCC1Cc2cc(OCCCO)c(O)cc2-c2cc(=O)c(CN(C)CC(=O)O)cn21. The lowest BCUT2D eigenvalue weighted by Crippen LogP contribution is -2.29. The summed E-state index contributed by atoms with van der Waals surface area (Å²) in [6, 6.07) is 5.13. The van der Waals surface area contributed by atoms with E-state index in [1.807, 2.05) is 12.3 Å². The van der Waals surface area contributed by atoms with E-state index >= 15 is 0 Å². The molecular weight excluding hydrogens is 388 g/mol. The maximum absolute atomic E-state index is 12.7. The zero-order valence-corrected chi connectivity index (χ0v) is 17.3. The van der Waals surface area contributed by atoms with E-state index in [0.717, 1.165) is 29.7 Å². The van der Waals surface area contributed by atoms with E-state index in [1.54, 1.807) is 24.1 Å². The number of hydrogen-bond acceptors (Lipinski definition) is 6. The van der Waals surface area contributed by atoms with Crippen LogP contribution < -0.4 is 10.2 Å². The molecule has 2 aromatic rings. The molecule has 3 N–H and O–H groups in total. The number of hydrogen-bond donors (Lipinski definition) is 3. The fourth-order valence-electron chi connectivity index (χ4n) is 3.88. The first kappa shape index (κ1) is 21.9. The van der Waals surface area contributed by atoms with Crippen LogP contribution in [0.3, 0.4) is 0 Å². The third-order valence-corrected chi connectivity index (χ3v) is 5.34. The average Bonchev–Trinajstić information content (AvgIpc) is 2.68. The molecular formula is C22H28N2O6. The molecule has 8 nitrogen and oxygen atoms in total. The van der Waals surface area contributed by atoms with E-state index in [9.17, 15) is 14.7 Å². The minimum Gasteiger partial charge on any atom is -0.504 e. The average molecular weight is 416 g/mol. The Labute approximate surface area is 175 Å². The van der Waals surface area contributed by atoms with Crippen molar-refractivity contribution in [2.24, 2.45) is 0 Å². The number of aliphatic hydroxyl groups is 1. The molecule has 1 aliphatic heterocycles. The number of ether oxygens (including phenoxy) is 1. The van der Waals surface area contributed by atoms with Crippen molar-refractivity contribution < 1.29 is 24.9 Å². The van der Waals surface area contributed by atoms with E-state index < -0.39 is 5.97 Å². The van der Waals surface area contributed by atoms with Crippen LogP contribution >= 0.6 is 0 Å². The van der Waals surface area contributed by atoms with Crippen molar-refractivity contribution in [1.82, 2.24) is 9.47 Å². The number of nitrogens with zero attached hydrogens (tertiary/aromatic N) is 2. The Balaban J connectivity index is 1.99. The van der Waals surface area contributed by atoms with Crippen LogP contribution in [0.1, 0.15) is 36.9 Å². The molecule has 0 saturated heterocycles. The van der Waals surface area contributed by atoms with Gasteiger partial charge in [0.15, 0.2) is 16.9 Å². The monoisotopic (exact) mass is 416 g/mol. The van der Waals surface area contributed by atoms with Crippen LogP contribution in [-0.2, 0) is 17.8 Å². The lowest BCUT2D eigenvalue weighted by molar-refractivity contribution is -0.138. The molecule has 30 heavy (non-hydrogen) atoms. The van der Waals surface area contributed by atoms with Crippen LogP contribution in [-0.4, -0.2) is 57.6 Å². The highest BCUT2D eigenvalue weighted by atomic mass is 16.5. The van der Waals surface area contributed by atoms with Crippen LogP contribution in [0, 0.1) is 0 Å². The van der Waals surface area contributed by atoms with Gasteiger partial charge in [-0.1, -0.05) is 6.92 Å². The van der Waals surface area contributed by atoms with Gasteiger partial charge in [-0.25, -0.2) is 0 Å². The summed E-state index contributed by atoms with van der Waals surface area (Å²) in [7, 11) is 1.67. The van der Waals surface area contributed by atoms with Crippen molar-refractivity contribution >= 4 is 5.97 Å². The summed E-state index contributed by atoms with van der Waals surface area (Å²) in [5.41, 5.74) is 2.89. The predicted molar refractivity (Wildman–Crippen MR) is 112 cm³/mol. The molecule has 3 rings (SSSR count). The third kappa shape index (κ3) is 4.66. The Morgan fingerprint density at radius 2 is 2.10 bits per heavy atom. The quantitative estimate of drug-likeness (QED) is 0.536. The van der Waals surface area contributed by atoms with Crippen LogP contribution in [0.15, 0.2) is 29.2 Å². The van der Waals surface area contributed by atoms with Gasteiger partial charge in [-0.05, 0) is 37.6 Å². The first-order valence-corrected chi connectivity index (χ1v) is 10.1. The van der Waals surface area contributed by atoms with Crippen LogP contribution in [0.25, 0.3) is 11.3 Å². The number of aliphatic carboxylic acids is 1. The summed E-state index contributed by atoms with van der Waals surface area (Å²) < 4.78 is 7.64. The van der Waals surface area contributed by atoms with E-state index in [4.69, 9.17) is 14.9 Å². The van der Waals surface area contributed by atoms with Crippen LogP contribution in [0.4, 0.5) is 0 Å². The number of benzene rings is 1. The van der Waals surface area contributed by atoms with E-state index in [1.165, 1.54) is 0 Å². The number of pyridine rings is 1. The molecule has 1 aromatic carbocycles. The van der Waals surface area contributed by atoms with Gasteiger partial charge in [0, 0.05) is 49.0 Å². The third-order valence-electron chi connectivity index (χ3n) is 5.34. The standard InChI is InChI=1S/C22H28N2O6/c1-3-16-7-14-8-21(30-6-4-5-25)20(27)9-17(14)18-10-19(26)15(12-24(16)18)11-23(2)13-22(28)29/h8-10,12,16,25,27H,3-7,11,13H2,1-2H3,(H,28,29). The molecule has 0 spiro atoms. The predicted octanol–water partition coefficient (Wildman–Crippen LogP) is 2.01. The van der Waals surface area contributed by atoms with Crippen molar-refractivity contribution in [1.29, 1.82) is 0 Å². The fourth-order valence-corrected chi connectivity index (χ4v) is 3.88. The minimum absolute atomic E-state index is 0.00842. The van der Waals surface area contributed by atoms with Gasteiger partial charge in [0.1, 0.15) is 0 Å². The Hall–Kier alpha value is -2.84.